The molecule has 0 fully saturated rings. The molecule has 0 bridgehead atoms. The zero-order valence-corrected chi connectivity index (χ0v) is 16.0. The molecule has 0 amide bonds. The molecule has 0 aromatic heterocycles. The van der Waals surface area contributed by atoms with Gasteiger partial charge in [0.05, 0.1) is 14.9 Å². The van der Waals surface area contributed by atoms with E-state index >= 15 is 0 Å². The third kappa shape index (κ3) is 4.86. The number of nitro groups is 2. The number of non-ortho nitro benzene ring substituents is 1. The lowest BCUT2D eigenvalue weighted by Gasteiger charge is -2.08. The predicted octanol–water partition coefficient (Wildman–Crippen LogP) is 5.84. The lowest BCUT2D eigenvalue weighted by molar-refractivity contribution is -0.385. The average Bonchev–Trinajstić information content (AvgIpc) is 2.74. The van der Waals surface area contributed by atoms with Crippen LogP contribution in [0.4, 0.5) is 11.4 Å². The number of carbonyl (C=O) groups is 1. The second-order valence-corrected chi connectivity index (χ2v) is 6.43. The Kier molecular flexibility index (Phi) is 6.19. The maximum absolute atomic E-state index is 12.3. The van der Waals surface area contributed by atoms with Gasteiger partial charge in [0, 0.05) is 23.8 Å². The fourth-order valence-electron chi connectivity index (χ4n) is 2.55. The number of ketones is 1. The summed E-state index contributed by atoms with van der Waals surface area (Å²) in [4.78, 5) is 33.4. The maximum atomic E-state index is 12.3. The second kappa shape index (κ2) is 8.97. The van der Waals surface area contributed by atoms with Gasteiger partial charge >= 0.3 is 5.69 Å². The van der Waals surface area contributed by atoms with Gasteiger partial charge in [0.2, 0.25) is 5.75 Å². The fraction of sp³-hybridized carbons (Fsp3) is 0. The van der Waals surface area contributed by atoms with Crippen LogP contribution in [0, 0.1) is 20.2 Å². The minimum atomic E-state index is -0.605. The Labute approximate surface area is 175 Å². The van der Waals surface area contributed by atoms with Crippen molar-refractivity contribution in [1.29, 1.82) is 0 Å². The molecular weight excluding hydrogens is 412 g/mol. The van der Waals surface area contributed by atoms with Crippen LogP contribution in [0.2, 0.25) is 5.02 Å². The summed E-state index contributed by atoms with van der Waals surface area (Å²) < 4.78 is 5.56. The molecule has 0 radical (unpaired) electrons. The normalized spacial score (nSPS) is 10.7. The van der Waals surface area contributed by atoms with E-state index in [-0.39, 0.29) is 28.4 Å². The van der Waals surface area contributed by atoms with Gasteiger partial charge in [-0.2, -0.15) is 0 Å². The van der Waals surface area contributed by atoms with Crippen LogP contribution in [0.15, 0.2) is 72.8 Å². The molecule has 8 nitrogen and oxygen atoms in total. The summed E-state index contributed by atoms with van der Waals surface area (Å²) in [5, 5.41) is 22.6. The maximum Gasteiger partial charge on any atom is 0.312 e. The Morgan fingerprint density at radius 1 is 0.900 bits per heavy atom. The van der Waals surface area contributed by atoms with E-state index in [0.717, 1.165) is 6.07 Å². The van der Waals surface area contributed by atoms with Crippen molar-refractivity contribution in [1.82, 2.24) is 0 Å². The van der Waals surface area contributed by atoms with Crippen molar-refractivity contribution in [2.45, 2.75) is 0 Å². The van der Waals surface area contributed by atoms with Crippen molar-refractivity contribution < 1.29 is 19.4 Å². The van der Waals surface area contributed by atoms with Gasteiger partial charge in [0.15, 0.2) is 5.78 Å². The SMILES string of the molecule is O=C(/C=C/c1ccc(Oc2ccccc2Cl)c([N+](=O)[O-])c1)c1cccc([N+](=O)[O-])c1. The molecule has 0 spiro atoms. The van der Waals surface area contributed by atoms with E-state index in [9.17, 15) is 25.0 Å². The largest absolute Gasteiger partial charge is 0.449 e. The summed E-state index contributed by atoms with van der Waals surface area (Å²) in [5.41, 5.74) is 0.00596. The number of halogens is 1. The molecule has 0 aliphatic carbocycles. The Morgan fingerprint density at radius 2 is 1.67 bits per heavy atom. The molecule has 0 heterocycles. The second-order valence-electron chi connectivity index (χ2n) is 6.02. The third-order valence-corrected chi connectivity index (χ3v) is 4.32. The highest BCUT2D eigenvalue weighted by Crippen LogP contribution is 2.35. The predicted molar refractivity (Wildman–Crippen MR) is 111 cm³/mol. The molecule has 0 aliphatic rings. The lowest BCUT2D eigenvalue weighted by Crippen LogP contribution is -1.97. The minimum absolute atomic E-state index is 0.00439. The lowest BCUT2D eigenvalue weighted by atomic mass is 10.1. The summed E-state index contributed by atoms with van der Waals surface area (Å²) in [6.45, 7) is 0. The van der Waals surface area contributed by atoms with Crippen LogP contribution in [0.25, 0.3) is 6.08 Å². The van der Waals surface area contributed by atoms with E-state index in [1.54, 1.807) is 24.3 Å². The van der Waals surface area contributed by atoms with Gasteiger partial charge in [0.1, 0.15) is 5.75 Å². The van der Waals surface area contributed by atoms with Crippen molar-refractivity contribution >= 4 is 34.8 Å². The van der Waals surface area contributed by atoms with Gasteiger partial charge in [-0.25, -0.2) is 0 Å². The van der Waals surface area contributed by atoms with E-state index in [2.05, 4.69) is 0 Å². The van der Waals surface area contributed by atoms with E-state index in [1.807, 2.05) is 0 Å². The summed E-state index contributed by atoms with van der Waals surface area (Å²) >= 11 is 6.03. The highest BCUT2D eigenvalue weighted by molar-refractivity contribution is 6.32. The van der Waals surface area contributed by atoms with E-state index < -0.39 is 15.6 Å². The first-order valence-corrected chi connectivity index (χ1v) is 8.90. The average molecular weight is 425 g/mol. The first-order valence-electron chi connectivity index (χ1n) is 8.53. The molecule has 150 valence electrons. The van der Waals surface area contributed by atoms with Crippen LogP contribution in [0.5, 0.6) is 11.5 Å². The van der Waals surface area contributed by atoms with Crippen molar-refractivity contribution in [2.24, 2.45) is 0 Å². The molecule has 3 aromatic carbocycles. The van der Waals surface area contributed by atoms with Crippen LogP contribution >= 0.6 is 11.6 Å². The Hall–Kier alpha value is -4.04. The van der Waals surface area contributed by atoms with Gasteiger partial charge in [-0.15, -0.1) is 0 Å². The highest BCUT2D eigenvalue weighted by Gasteiger charge is 2.17. The monoisotopic (exact) mass is 424 g/mol. The van der Waals surface area contributed by atoms with E-state index in [0.29, 0.717) is 10.6 Å². The number of para-hydroxylation sites is 1. The zero-order chi connectivity index (χ0) is 21.7. The van der Waals surface area contributed by atoms with Crippen LogP contribution in [-0.4, -0.2) is 15.6 Å². The minimum Gasteiger partial charge on any atom is -0.449 e. The van der Waals surface area contributed by atoms with E-state index in [1.165, 1.54) is 48.6 Å². The number of ether oxygens (including phenoxy) is 1. The molecular formula is C21H13ClN2O6. The smallest absolute Gasteiger partial charge is 0.312 e. The molecule has 3 aromatic rings. The van der Waals surface area contributed by atoms with Gasteiger partial charge in [0.25, 0.3) is 5.69 Å². The summed E-state index contributed by atoms with van der Waals surface area (Å²) in [7, 11) is 0. The highest BCUT2D eigenvalue weighted by atomic mass is 35.5. The molecule has 0 aliphatic heterocycles. The van der Waals surface area contributed by atoms with Crippen LogP contribution in [0.3, 0.4) is 0 Å². The Balaban J connectivity index is 1.85. The quantitative estimate of drug-likeness (QED) is 0.203. The van der Waals surface area contributed by atoms with Crippen molar-refractivity contribution in [3.63, 3.8) is 0 Å². The zero-order valence-electron chi connectivity index (χ0n) is 15.2. The van der Waals surface area contributed by atoms with Gasteiger partial charge in [-0.05, 0) is 29.8 Å². The number of benzene rings is 3. The molecule has 30 heavy (non-hydrogen) atoms. The van der Waals surface area contributed by atoms with Crippen LogP contribution < -0.4 is 4.74 Å². The van der Waals surface area contributed by atoms with Gasteiger partial charge < -0.3 is 4.74 Å². The van der Waals surface area contributed by atoms with Crippen LogP contribution in [0.1, 0.15) is 15.9 Å². The molecule has 3 rings (SSSR count). The third-order valence-electron chi connectivity index (χ3n) is 4.00. The number of carbonyl (C=O) groups excluding carboxylic acids is 1. The summed E-state index contributed by atoms with van der Waals surface area (Å²) in [6, 6.07) is 16.1. The molecule has 0 N–H and O–H groups in total. The number of rotatable bonds is 7. The fourth-order valence-corrected chi connectivity index (χ4v) is 2.73. The van der Waals surface area contributed by atoms with Gasteiger partial charge in [-0.1, -0.05) is 48.0 Å². The number of nitro benzene ring substituents is 2. The summed E-state index contributed by atoms with van der Waals surface area (Å²) in [5.74, 6) is -0.209. The first-order chi connectivity index (χ1) is 14.3. The first kappa shape index (κ1) is 20.7. The van der Waals surface area contributed by atoms with Crippen molar-refractivity contribution in [2.75, 3.05) is 0 Å². The van der Waals surface area contributed by atoms with Crippen molar-refractivity contribution in [3.05, 3.63) is 109 Å². The molecule has 0 unspecified atom stereocenters. The van der Waals surface area contributed by atoms with Gasteiger partial charge in [-0.3, -0.25) is 25.0 Å². The number of hydrogen-bond donors (Lipinski definition) is 0. The molecule has 9 heteroatoms. The number of allylic oxidation sites excluding steroid dienone is 1. The molecule has 0 saturated carbocycles. The standard InChI is InChI=1S/C21H13ClN2O6/c22-17-6-1-2-7-20(17)30-21-11-9-14(12-18(21)24(28)29)8-10-19(25)15-4-3-5-16(13-15)23(26)27/h1-13H/b10-8+. The summed E-state index contributed by atoms with van der Waals surface area (Å²) in [6.07, 6.45) is 2.57. The molecule has 0 saturated heterocycles. The number of nitrogens with zero attached hydrogens (tertiary/aromatic N) is 2. The Bertz CT molecular complexity index is 1180. The van der Waals surface area contributed by atoms with E-state index in [4.69, 9.17) is 16.3 Å². The van der Waals surface area contributed by atoms with Crippen LogP contribution in [-0.2, 0) is 0 Å². The Morgan fingerprint density at radius 3 is 2.37 bits per heavy atom. The number of hydrogen-bond acceptors (Lipinski definition) is 6. The topological polar surface area (TPSA) is 113 Å². The van der Waals surface area contributed by atoms with Crippen molar-refractivity contribution in [3.8, 4) is 11.5 Å². The molecule has 0 atom stereocenters.